The van der Waals surface area contributed by atoms with Gasteiger partial charge in [0.1, 0.15) is 0 Å². The maximum Gasteiger partial charge on any atom is 0.417 e. The molecule has 0 bridgehead atoms. The Kier molecular flexibility index (Phi) is 10.8. The van der Waals surface area contributed by atoms with Crippen LogP contribution in [0.5, 0.6) is 0 Å². The van der Waals surface area contributed by atoms with E-state index in [9.17, 15) is 31.5 Å². The summed E-state index contributed by atoms with van der Waals surface area (Å²) in [6, 6.07) is 4.27. The van der Waals surface area contributed by atoms with Gasteiger partial charge in [0.05, 0.1) is 30.1 Å². The monoisotopic (exact) mass is 493 g/mol. The van der Waals surface area contributed by atoms with Crippen molar-refractivity contribution in [2.24, 2.45) is 0 Å². The normalized spacial score (nSPS) is 14.0. The molecule has 8 nitrogen and oxygen atoms in total. The van der Waals surface area contributed by atoms with Crippen LogP contribution < -0.4 is 5.32 Å². The number of anilines is 1. The molecule has 1 atom stereocenters. The van der Waals surface area contributed by atoms with E-state index >= 15 is 0 Å². The molecular formula is C21H30F3N3O5S. The predicted octanol–water partition coefficient (Wildman–Crippen LogP) is 3.13. The van der Waals surface area contributed by atoms with Crippen molar-refractivity contribution < 1.29 is 35.7 Å². The Morgan fingerprint density at radius 3 is 2.39 bits per heavy atom. The van der Waals surface area contributed by atoms with Crippen LogP contribution in [-0.2, 0) is 25.3 Å². The molecule has 0 spiro atoms. The number of unbranched alkanes of at least 4 members (excludes halogenated alkanes) is 4. The SMILES string of the molecule is CN(CCCCCCCOS(C)(=O)=O)C[C@](C)(O)C(=O)Nc1ccc(C#N)c(C(F)(F)F)c1. The lowest BCUT2D eigenvalue weighted by Gasteiger charge is -2.28. The molecule has 1 aromatic carbocycles. The lowest BCUT2D eigenvalue weighted by molar-refractivity contribution is -0.138. The Labute approximate surface area is 192 Å². The molecule has 1 aromatic rings. The summed E-state index contributed by atoms with van der Waals surface area (Å²) in [5.74, 6) is -0.863. The van der Waals surface area contributed by atoms with E-state index in [1.54, 1.807) is 11.9 Å². The van der Waals surface area contributed by atoms with Crippen LogP contribution in [0, 0.1) is 11.3 Å². The number of aliphatic hydroxyl groups is 1. The topological polar surface area (TPSA) is 120 Å². The minimum atomic E-state index is -4.75. The number of nitriles is 1. The molecule has 0 radical (unpaired) electrons. The average molecular weight is 494 g/mol. The fourth-order valence-corrected chi connectivity index (χ4v) is 3.54. The van der Waals surface area contributed by atoms with Crippen molar-refractivity contribution in [3.8, 4) is 6.07 Å². The van der Waals surface area contributed by atoms with Crippen LogP contribution in [0.4, 0.5) is 18.9 Å². The van der Waals surface area contributed by atoms with Gasteiger partial charge < -0.3 is 15.3 Å². The molecule has 0 unspecified atom stereocenters. The number of likely N-dealkylation sites (N-methyl/N-ethyl adjacent to an activating group) is 1. The molecule has 186 valence electrons. The highest BCUT2D eigenvalue weighted by molar-refractivity contribution is 7.85. The van der Waals surface area contributed by atoms with Crippen molar-refractivity contribution in [3.05, 3.63) is 29.3 Å². The highest BCUT2D eigenvalue weighted by Gasteiger charge is 2.35. The van der Waals surface area contributed by atoms with E-state index in [4.69, 9.17) is 5.26 Å². The summed E-state index contributed by atoms with van der Waals surface area (Å²) in [6.45, 7) is 1.97. The van der Waals surface area contributed by atoms with Crippen molar-refractivity contribution in [1.82, 2.24) is 4.90 Å². The summed E-state index contributed by atoms with van der Waals surface area (Å²) < 4.78 is 65.6. The number of carbonyl (C=O) groups excluding carboxylic acids is 1. The molecule has 0 saturated heterocycles. The number of rotatable bonds is 13. The Bertz CT molecular complexity index is 943. The molecule has 12 heteroatoms. The minimum absolute atomic E-state index is 0.0383. The molecule has 0 fully saturated rings. The van der Waals surface area contributed by atoms with Crippen LogP contribution >= 0.6 is 0 Å². The first-order chi connectivity index (χ1) is 15.2. The van der Waals surface area contributed by atoms with Gasteiger partial charge in [-0.2, -0.15) is 26.9 Å². The fourth-order valence-electron chi connectivity index (χ4n) is 3.12. The Hall–Kier alpha value is -2.20. The summed E-state index contributed by atoms with van der Waals surface area (Å²) in [4.78, 5) is 14.2. The summed E-state index contributed by atoms with van der Waals surface area (Å²) in [5, 5.41) is 21.6. The second-order valence-corrected chi connectivity index (χ2v) is 9.77. The second kappa shape index (κ2) is 12.3. The first-order valence-electron chi connectivity index (χ1n) is 10.3. The Balaban J connectivity index is 2.48. The van der Waals surface area contributed by atoms with Gasteiger partial charge in [0.15, 0.2) is 5.60 Å². The van der Waals surface area contributed by atoms with E-state index in [0.717, 1.165) is 38.0 Å². The van der Waals surface area contributed by atoms with Gasteiger partial charge in [0.25, 0.3) is 16.0 Å². The predicted molar refractivity (Wildman–Crippen MR) is 117 cm³/mol. The van der Waals surface area contributed by atoms with Gasteiger partial charge in [0.2, 0.25) is 0 Å². The lowest BCUT2D eigenvalue weighted by Crippen LogP contribution is -2.48. The van der Waals surface area contributed by atoms with E-state index in [1.807, 2.05) is 0 Å². The second-order valence-electron chi connectivity index (χ2n) is 8.13. The van der Waals surface area contributed by atoms with Gasteiger partial charge in [-0.25, -0.2) is 0 Å². The first kappa shape index (κ1) is 28.8. The van der Waals surface area contributed by atoms with E-state index < -0.39 is 38.9 Å². The highest BCUT2D eigenvalue weighted by Crippen LogP contribution is 2.33. The quantitative estimate of drug-likeness (QED) is 0.320. The highest BCUT2D eigenvalue weighted by atomic mass is 32.2. The number of amides is 1. The molecule has 33 heavy (non-hydrogen) atoms. The van der Waals surface area contributed by atoms with Crippen LogP contribution in [0.3, 0.4) is 0 Å². The number of alkyl halides is 3. The van der Waals surface area contributed by atoms with E-state index in [2.05, 4.69) is 9.50 Å². The fraction of sp³-hybridized carbons (Fsp3) is 0.619. The van der Waals surface area contributed by atoms with Gasteiger partial charge in [-0.1, -0.05) is 19.3 Å². The molecule has 1 rings (SSSR count). The molecule has 0 saturated carbocycles. The number of hydrogen-bond acceptors (Lipinski definition) is 7. The van der Waals surface area contributed by atoms with Crippen molar-refractivity contribution in [2.45, 2.75) is 50.8 Å². The van der Waals surface area contributed by atoms with Gasteiger partial charge in [-0.15, -0.1) is 0 Å². The average Bonchev–Trinajstić information content (AvgIpc) is 2.68. The number of nitrogens with one attached hydrogen (secondary N) is 1. The molecule has 0 aliphatic heterocycles. The minimum Gasteiger partial charge on any atom is -0.379 e. The van der Waals surface area contributed by atoms with E-state index in [1.165, 1.54) is 19.1 Å². The van der Waals surface area contributed by atoms with E-state index in [-0.39, 0.29) is 18.8 Å². The van der Waals surface area contributed by atoms with Gasteiger partial charge in [-0.3, -0.25) is 8.98 Å². The maximum atomic E-state index is 13.1. The molecular weight excluding hydrogens is 463 g/mol. The van der Waals surface area contributed by atoms with Crippen molar-refractivity contribution in [3.63, 3.8) is 0 Å². The summed E-state index contributed by atoms with van der Waals surface area (Å²) in [5.41, 5.74) is -3.75. The van der Waals surface area contributed by atoms with Crippen molar-refractivity contribution >= 4 is 21.7 Å². The Morgan fingerprint density at radius 1 is 1.21 bits per heavy atom. The van der Waals surface area contributed by atoms with Crippen LogP contribution in [0.2, 0.25) is 0 Å². The third-order valence-electron chi connectivity index (χ3n) is 4.75. The standard InChI is InChI=1S/C21H30F3N3O5S/c1-20(29,15-27(2)11-7-5-4-6-8-12-32-33(3,30)31)19(28)26-17-10-9-16(14-25)18(13-17)21(22,23)24/h9-10,13,29H,4-8,11-12,15H2,1-3H3,(H,26,28)/t20-/m0/s1. The largest absolute Gasteiger partial charge is 0.417 e. The molecule has 0 aromatic heterocycles. The van der Waals surface area contributed by atoms with Crippen LogP contribution in [0.15, 0.2) is 18.2 Å². The first-order valence-corrected chi connectivity index (χ1v) is 12.2. The lowest BCUT2D eigenvalue weighted by atomic mass is 10.0. The Morgan fingerprint density at radius 2 is 1.82 bits per heavy atom. The summed E-state index contributed by atoms with van der Waals surface area (Å²) in [7, 11) is -1.70. The number of benzene rings is 1. The molecule has 0 heterocycles. The zero-order valence-corrected chi connectivity index (χ0v) is 19.7. The molecule has 1 amide bonds. The number of carbonyl (C=O) groups is 1. The van der Waals surface area contributed by atoms with Crippen LogP contribution in [-0.4, -0.2) is 62.9 Å². The van der Waals surface area contributed by atoms with Gasteiger partial charge in [-0.05, 0) is 51.6 Å². The third-order valence-corrected chi connectivity index (χ3v) is 5.35. The van der Waals surface area contributed by atoms with Crippen molar-refractivity contribution in [2.75, 3.05) is 38.3 Å². The van der Waals surface area contributed by atoms with Crippen LogP contribution in [0.1, 0.15) is 50.2 Å². The maximum absolute atomic E-state index is 13.1. The summed E-state index contributed by atoms with van der Waals surface area (Å²) in [6.07, 6.45) is 0.206. The zero-order chi connectivity index (χ0) is 25.3. The third kappa shape index (κ3) is 11.0. The van der Waals surface area contributed by atoms with Gasteiger partial charge in [0, 0.05) is 12.2 Å². The molecule has 0 aliphatic carbocycles. The number of halogens is 3. The van der Waals surface area contributed by atoms with Crippen molar-refractivity contribution in [1.29, 1.82) is 5.26 Å². The number of hydrogen-bond donors (Lipinski definition) is 2. The van der Waals surface area contributed by atoms with Crippen LogP contribution in [0.25, 0.3) is 0 Å². The molecule has 2 N–H and O–H groups in total. The number of nitrogens with zero attached hydrogens (tertiary/aromatic N) is 2. The smallest absolute Gasteiger partial charge is 0.379 e. The zero-order valence-electron chi connectivity index (χ0n) is 18.9. The molecule has 0 aliphatic rings. The van der Waals surface area contributed by atoms with Gasteiger partial charge >= 0.3 is 6.18 Å². The van der Waals surface area contributed by atoms with E-state index in [0.29, 0.717) is 19.0 Å². The summed E-state index contributed by atoms with van der Waals surface area (Å²) >= 11 is 0.